The smallest absolute Gasteiger partial charge is 0.248 e. The number of allylic oxidation sites excluding steroid dienone is 1. The molecule has 174 valence electrons. The van der Waals surface area contributed by atoms with Gasteiger partial charge in [0.05, 0.1) is 26.2 Å². The molecule has 0 aliphatic heterocycles. The van der Waals surface area contributed by atoms with Gasteiger partial charge in [0.25, 0.3) is 0 Å². The highest BCUT2D eigenvalue weighted by Crippen LogP contribution is 2.42. The summed E-state index contributed by atoms with van der Waals surface area (Å²) in [6.45, 7) is 3.87. The van der Waals surface area contributed by atoms with Crippen LogP contribution >= 0.6 is 11.8 Å². The molecular formula is C28H27NO4S. The van der Waals surface area contributed by atoms with E-state index in [1.807, 2.05) is 74.7 Å². The third-order valence-corrected chi connectivity index (χ3v) is 6.58. The molecule has 0 fully saturated rings. The number of amides is 1. The molecular weight excluding hydrogens is 446 g/mol. The predicted octanol–water partition coefficient (Wildman–Crippen LogP) is 7.19. The molecule has 0 atom stereocenters. The molecule has 0 aliphatic rings. The lowest BCUT2D eigenvalue weighted by atomic mass is 9.96. The van der Waals surface area contributed by atoms with E-state index in [1.54, 1.807) is 38.3 Å². The molecule has 5 nitrogen and oxygen atoms in total. The molecule has 34 heavy (non-hydrogen) atoms. The summed E-state index contributed by atoms with van der Waals surface area (Å²) < 4.78 is 17.3. The summed E-state index contributed by atoms with van der Waals surface area (Å²) >= 11 is 1.59. The van der Waals surface area contributed by atoms with Crippen molar-refractivity contribution in [1.82, 2.24) is 0 Å². The Morgan fingerprint density at radius 3 is 2.50 bits per heavy atom. The first kappa shape index (κ1) is 23.5. The maximum Gasteiger partial charge on any atom is 0.248 e. The minimum Gasteiger partial charge on any atom is -0.496 e. The SMILES string of the molecule is COc1ccccc1-c1coc2c(C)c(OC)c(/C(C)=C/C(=O)Nc3ccccc3SC)cc12. The average molecular weight is 474 g/mol. The van der Waals surface area contributed by atoms with Crippen molar-refractivity contribution in [1.29, 1.82) is 0 Å². The Kier molecular flexibility index (Phi) is 6.98. The number of carbonyl (C=O) groups excluding carboxylic acids is 1. The minimum atomic E-state index is -0.198. The van der Waals surface area contributed by atoms with Crippen molar-refractivity contribution in [3.8, 4) is 22.6 Å². The van der Waals surface area contributed by atoms with Crippen LogP contribution in [0.25, 0.3) is 27.7 Å². The van der Waals surface area contributed by atoms with Gasteiger partial charge in [-0.1, -0.05) is 30.3 Å². The highest BCUT2D eigenvalue weighted by atomic mass is 32.2. The summed E-state index contributed by atoms with van der Waals surface area (Å²) in [4.78, 5) is 13.9. The van der Waals surface area contributed by atoms with Gasteiger partial charge in [0, 0.05) is 38.6 Å². The molecule has 1 aromatic heterocycles. The van der Waals surface area contributed by atoms with Crippen molar-refractivity contribution in [3.05, 3.63) is 78.1 Å². The standard InChI is InChI=1S/C28H27NO4S/c1-17(14-26(30)29-23-11-7-9-13-25(23)34-5)20-15-21-22(19-10-6-8-12-24(19)31-3)16-33-28(21)18(2)27(20)32-4/h6-16H,1-5H3,(H,29,30)/b17-14+. The highest BCUT2D eigenvalue weighted by molar-refractivity contribution is 7.98. The molecule has 0 radical (unpaired) electrons. The number of hydrogen-bond acceptors (Lipinski definition) is 5. The number of thioether (sulfide) groups is 1. The molecule has 4 rings (SSSR count). The van der Waals surface area contributed by atoms with E-state index in [0.29, 0.717) is 5.75 Å². The molecule has 6 heteroatoms. The Morgan fingerprint density at radius 2 is 1.76 bits per heavy atom. The van der Waals surface area contributed by atoms with Gasteiger partial charge in [-0.25, -0.2) is 0 Å². The Labute approximate surface area is 203 Å². The van der Waals surface area contributed by atoms with E-state index >= 15 is 0 Å². The topological polar surface area (TPSA) is 60.7 Å². The van der Waals surface area contributed by atoms with Gasteiger partial charge < -0.3 is 19.2 Å². The third kappa shape index (κ3) is 4.41. The molecule has 1 heterocycles. The van der Waals surface area contributed by atoms with E-state index in [2.05, 4.69) is 5.32 Å². The number of benzene rings is 3. The van der Waals surface area contributed by atoms with Crippen LogP contribution in [0.15, 0.2) is 76.2 Å². The predicted molar refractivity (Wildman–Crippen MR) is 140 cm³/mol. The van der Waals surface area contributed by atoms with Crippen LogP contribution < -0.4 is 14.8 Å². The molecule has 1 N–H and O–H groups in total. The number of hydrogen-bond donors (Lipinski definition) is 1. The van der Waals surface area contributed by atoms with Crippen molar-refractivity contribution in [2.24, 2.45) is 0 Å². The molecule has 0 unspecified atom stereocenters. The molecule has 4 aromatic rings. The first-order chi connectivity index (χ1) is 16.5. The number of rotatable bonds is 7. The number of para-hydroxylation sites is 2. The van der Waals surface area contributed by atoms with Gasteiger partial charge in [-0.3, -0.25) is 4.79 Å². The Bertz CT molecular complexity index is 1390. The third-order valence-electron chi connectivity index (χ3n) is 5.78. The monoisotopic (exact) mass is 473 g/mol. The zero-order valence-electron chi connectivity index (χ0n) is 19.9. The van der Waals surface area contributed by atoms with E-state index < -0.39 is 0 Å². The lowest BCUT2D eigenvalue weighted by Crippen LogP contribution is -2.09. The summed E-state index contributed by atoms with van der Waals surface area (Å²) in [5.74, 6) is 1.25. The fourth-order valence-electron chi connectivity index (χ4n) is 4.14. The van der Waals surface area contributed by atoms with Crippen LogP contribution in [-0.4, -0.2) is 26.4 Å². The second-order valence-electron chi connectivity index (χ2n) is 7.83. The molecule has 1 amide bonds. The summed E-state index contributed by atoms with van der Waals surface area (Å²) in [6.07, 6.45) is 5.33. The van der Waals surface area contributed by atoms with Gasteiger partial charge in [0.15, 0.2) is 0 Å². The number of methoxy groups -OCH3 is 2. The number of aryl methyl sites for hydroxylation is 1. The van der Waals surface area contributed by atoms with Crippen LogP contribution in [-0.2, 0) is 4.79 Å². The Hall–Kier alpha value is -3.64. The largest absolute Gasteiger partial charge is 0.496 e. The van der Waals surface area contributed by atoms with E-state index in [9.17, 15) is 4.79 Å². The molecule has 3 aromatic carbocycles. The highest BCUT2D eigenvalue weighted by Gasteiger charge is 2.20. The second-order valence-corrected chi connectivity index (χ2v) is 8.67. The lowest BCUT2D eigenvalue weighted by molar-refractivity contribution is -0.111. The van der Waals surface area contributed by atoms with Crippen LogP contribution in [0, 0.1) is 6.92 Å². The molecule has 0 spiro atoms. The van der Waals surface area contributed by atoms with Crippen LogP contribution in [0.1, 0.15) is 18.1 Å². The summed E-state index contributed by atoms with van der Waals surface area (Å²) in [5, 5.41) is 3.92. The zero-order chi connectivity index (χ0) is 24.2. The maximum atomic E-state index is 12.9. The molecule has 0 bridgehead atoms. The van der Waals surface area contributed by atoms with Crippen molar-refractivity contribution < 1.29 is 18.7 Å². The van der Waals surface area contributed by atoms with Crippen LogP contribution in [0.3, 0.4) is 0 Å². The fraction of sp³-hybridized carbons (Fsp3) is 0.179. The first-order valence-corrected chi connectivity index (χ1v) is 12.1. The number of carbonyl (C=O) groups is 1. The van der Waals surface area contributed by atoms with Gasteiger partial charge in [0.1, 0.15) is 17.1 Å². The number of fused-ring (bicyclic) bond motifs is 1. The van der Waals surface area contributed by atoms with E-state index in [-0.39, 0.29) is 5.91 Å². The number of anilines is 1. The Morgan fingerprint density at radius 1 is 1.03 bits per heavy atom. The van der Waals surface area contributed by atoms with Crippen LogP contribution in [0.2, 0.25) is 0 Å². The van der Waals surface area contributed by atoms with E-state index in [4.69, 9.17) is 13.9 Å². The van der Waals surface area contributed by atoms with Gasteiger partial charge >= 0.3 is 0 Å². The first-order valence-electron chi connectivity index (χ1n) is 10.8. The lowest BCUT2D eigenvalue weighted by Gasteiger charge is -2.14. The Balaban J connectivity index is 1.79. The number of furan rings is 1. The summed E-state index contributed by atoms with van der Waals surface area (Å²) in [5.41, 5.74) is 5.88. The molecule has 0 aliphatic carbocycles. The van der Waals surface area contributed by atoms with Crippen molar-refractivity contribution >= 4 is 39.9 Å². The minimum absolute atomic E-state index is 0.198. The van der Waals surface area contributed by atoms with Crippen LogP contribution in [0.5, 0.6) is 11.5 Å². The quantitative estimate of drug-likeness (QED) is 0.227. The fourth-order valence-corrected chi connectivity index (χ4v) is 4.69. The van der Waals surface area contributed by atoms with Crippen molar-refractivity contribution in [2.45, 2.75) is 18.7 Å². The normalized spacial score (nSPS) is 11.5. The number of nitrogens with one attached hydrogen (secondary N) is 1. The average Bonchev–Trinajstić information content (AvgIpc) is 3.28. The van der Waals surface area contributed by atoms with E-state index in [1.165, 1.54) is 0 Å². The van der Waals surface area contributed by atoms with Gasteiger partial charge in [-0.15, -0.1) is 11.8 Å². The van der Waals surface area contributed by atoms with Crippen LogP contribution in [0.4, 0.5) is 5.69 Å². The van der Waals surface area contributed by atoms with E-state index in [0.717, 1.165) is 55.1 Å². The maximum absolute atomic E-state index is 12.9. The molecule has 0 saturated carbocycles. The number of ether oxygens (including phenoxy) is 2. The second kappa shape index (κ2) is 10.1. The van der Waals surface area contributed by atoms with Crippen molar-refractivity contribution in [2.75, 3.05) is 25.8 Å². The van der Waals surface area contributed by atoms with Gasteiger partial charge in [0.2, 0.25) is 5.91 Å². The molecule has 0 saturated heterocycles. The van der Waals surface area contributed by atoms with Crippen molar-refractivity contribution in [3.63, 3.8) is 0 Å². The summed E-state index contributed by atoms with van der Waals surface area (Å²) in [6, 6.07) is 17.6. The summed E-state index contributed by atoms with van der Waals surface area (Å²) in [7, 11) is 3.28. The van der Waals surface area contributed by atoms with Gasteiger partial charge in [-0.2, -0.15) is 0 Å². The van der Waals surface area contributed by atoms with Gasteiger partial charge in [-0.05, 0) is 49.9 Å². The zero-order valence-corrected chi connectivity index (χ0v) is 20.7.